The van der Waals surface area contributed by atoms with Crippen molar-refractivity contribution in [2.24, 2.45) is 5.41 Å². The number of carboxylic acids is 1. The lowest BCUT2D eigenvalue weighted by atomic mass is 9.90. The summed E-state index contributed by atoms with van der Waals surface area (Å²) in [6.07, 6.45) is 0.823. The van der Waals surface area contributed by atoms with Crippen molar-refractivity contribution in [2.75, 3.05) is 18.5 Å². The Morgan fingerprint density at radius 1 is 1.00 bits per heavy atom. The number of nitrogens with one attached hydrogen (secondary N) is 2. The lowest BCUT2D eigenvalue weighted by Crippen LogP contribution is -2.32. The third-order valence-electron chi connectivity index (χ3n) is 6.07. The average molecular weight is 463 g/mol. The molecular formula is C26H26N2O6. The first-order valence-corrected chi connectivity index (χ1v) is 11.0. The average Bonchev–Trinajstić information content (AvgIpc) is 3.40. The van der Waals surface area contributed by atoms with Crippen molar-refractivity contribution in [3.05, 3.63) is 77.7 Å². The molecule has 1 aliphatic carbocycles. The Labute approximate surface area is 196 Å². The molecule has 2 amide bonds. The number of fused-ring (bicyclic) bond motifs is 3. The number of aliphatic carboxylic acids is 1. The van der Waals surface area contributed by atoms with Gasteiger partial charge in [0.1, 0.15) is 6.61 Å². The van der Waals surface area contributed by atoms with Gasteiger partial charge in [0.15, 0.2) is 0 Å². The third kappa shape index (κ3) is 4.66. The fourth-order valence-electron chi connectivity index (χ4n) is 4.00. The predicted octanol–water partition coefficient (Wildman–Crippen LogP) is 4.87. The van der Waals surface area contributed by atoms with Crippen molar-refractivity contribution in [3.8, 4) is 11.1 Å². The summed E-state index contributed by atoms with van der Waals surface area (Å²) in [7, 11) is 0. The molecule has 176 valence electrons. The lowest BCUT2D eigenvalue weighted by molar-refractivity contribution is -0.147. The topological polar surface area (TPSA) is 118 Å². The largest absolute Gasteiger partial charge is 0.481 e. The first kappa shape index (κ1) is 23.1. The summed E-state index contributed by atoms with van der Waals surface area (Å²) in [6, 6.07) is 17.5. The normalized spacial score (nSPS) is 12.5. The summed E-state index contributed by atoms with van der Waals surface area (Å²) < 4.78 is 10.7. The number of hydrogen-bond donors (Lipinski definition) is 3. The second kappa shape index (κ2) is 9.43. The molecule has 4 rings (SSSR count). The van der Waals surface area contributed by atoms with Crippen molar-refractivity contribution in [1.82, 2.24) is 5.32 Å². The van der Waals surface area contributed by atoms with Crippen LogP contribution in [0.5, 0.6) is 0 Å². The van der Waals surface area contributed by atoms with Crippen molar-refractivity contribution in [3.63, 3.8) is 0 Å². The summed E-state index contributed by atoms with van der Waals surface area (Å²) in [5.41, 5.74) is 3.67. The zero-order valence-electron chi connectivity index (χ0n) is 19.0. The molecule has 0 bridgehead atoms. The number of benzene rings is 2. The zero-order chi connectivity index (χ0) is 24.3. The number of ether oxygens (including phenoxy) is 1. The van der Waals surface area contributed by atoms with Gasteiger partial charge in [0.2, 0.25) is 5.76 Å². The van der Waals surface area contributed by atoms with Crippen LogP contribution < -0.4 is 10.6 Å². The highest BCUT2D eigenvalue weighted by Crippen LogP contribution is 2.44. The van der Waals surface area contributed by atoms with Gasteiger partial charge in [-0.05, 0) is 42.5 Å². The quantitative estimate of drug-likeness (QED) is 0.440. The zero-order valence-corrected chi connectivity index (χ0v) is 19.0. The van der Waals surface area contributed by atoms with E-state index in [4.69, 9.17) is 9.15 Å². The Morgan fingerprint density at radius 3 is 2.24 bits per heavy atom. The molecule has 34 heavy (non-hydrogen) atoms. The Bertz CT molecular complexity index is 1180. The summed E-state index contributed by atoms with van der Waals surface area (Å²) in [6.45, 7) is 3.45. The molecule has 0 fully saturated rings. The molecule has 8 heteroatoms. The second-order valence-corrected chi connectivity index (χ2v) is 8.81. The Kier molecular flexibility index (Phi) is 6.40. The monoisotopic (exact) mass is 462 g/mol. The van der Waals surface area contributed by atoms with Crippen LogP contribution in [-0.4, -0.2) is 36.2 Å². The number of amides is 2. The molecule has 1 heterocycles. The van der Waals surface area contributed by atoms with Crippen LogP contribution in [0, 0.1) is 5.41 Å². The van der Waals surface area contributed by atoms with Crippen LogP contribution >= 0.6 is 0 Å². The van der Waals surface area contributed by atoms with Crippen LogP contribution in [-0.2, 0) is 9.53 Å². The fraction of sp³-hybridized carbons (Fsp3) is 0.269. The predicted molar refractivity (Wildman–Crippen MR) is 126 cm³/mol. The summed E-state index contributed by atoms with van der Waals surface area (Å²) in [5, 5.41) is 14.4. The molecule has 1 aliphatic rings. The lowest BCUT2D eigenvalue weighted by Gasteiger charge is -2.18. The Morgan fingerprint density at radius 2 is 1.62 bits per heavy atom. The van der Waals surface area contributed by atoms with Gasteiger partial charge in [0, 0.05) is 18.5 Å². The van der Waals surface area contributed by atoms with E-state index >= 15 is 0 Å². The number of carboxylic acid groups (broad SMARTS) is 1. The summed E-state index contributed by atoms with van der Waals surface area (Å²) in [5.74, 6) is -1.66. The molecule has 0 spiro atoms. The second-order valence-electron chi connectivity index (χ2n) is 8.81. The highest BCUT2D eigenvalue weighted by Gasteiger charge is 2.30. The van der Waals surface area contributed by atoms with Crippen LogP contribution in [0.15, 0.2) is 65.3 Å². The van der Waals surface area contributed by atoms with Crippen molar-refractivity contribution >= 4 is 23.7 Å². The maximum Gasteiger partial charge on any atom is 0.411 e. The highest BCUT2D eigenvalue weighted by molar-refractivity contribution is 6.00. The SMILES string of the molecule is CC(C)(CCNC(=O)c1occc1NC(=O)OCC1c2ccccc2-c2ccccc21)C(=O)O. The number of hydrogen-bond acceptors (Lipinski definition) is 5. The first-order chi connectivity index (χ1) is 16.3. The van der Waals surface area contributed by atoms with Crippen LogP contribution in [0.3, 0.4) is 0 Å². The number of anilines is 1. The molecule has 0 saturated carbocycles. The van der Waals surface area contributed by atoms with E-state index in [-0.39, 0.29) is 36.9 Å². The molecule has 2 aromatic carbocycles. The van der Waals surface area contributed by atoms with Crippen LogP contribution in [0.2, 0.25) is 0 Å². The van der Waals surface area contributed by atoms with Gasteiger partial charge < -0.3 is 19.6 Å². The third-order valence-corrected chi connectivity index (χ3v) is 6.07. The van der Waals surface area contributed by atoms with E-state index in [0.717, 1.165) is 22.3 Å². The van der Waals surface area contributed by atoms with Crippen molar-refractivity contribution in [2.45, 2.75) is 26.2 Å². The van der Waals surface area contributed by atoms with Gasteiger partial charge in [0.05, 0.1) is 17.4 Å². The van der Waals surface area contributed by atoms with Crippen molar-refractivity contribution in [1.29, 1.82) is 0 Å². The molecule has 3 aromatic rings. The van der Waals surface area contributed by atoms with E-state index in [9.17, 15) is 19.5 Å². The van der Waals surface area contributed by atoms with E-state index in [2.05, 4.69) is 22.8 Å². The van der Waals surface area contributed by atoms with Gasteiger partial charge in [0.25, 0.3) is 5.91 Å². The van der Waals surface area contributed by atoms with Crippen molar-refractivity contribution < 1.29 is 28.6 Å². The molecule has 0 unspecified atom stereocenters. The van der Waals surface area contributed by atoms with Gasteiger partial charge in [-0.15, -0.1) is 0 Å². The molecule has 3 N–H and O–H groups in total. The molecule has 0 radical (unpaired) electrons. The van der Waals surface area contributed by atoms with E-state index in [1.54, 1.807) is 13.8 Å². The minimum Gasteiger partial charge on any atom is -0.481 e. The number of furan rings is 1. The van der Waals surface area contributed by atoms with E-state index < -0.39 is 23.4 Å². The van der Waals surface area contributed by atoms with Crippen LogP contribution in [0.1, 0.15) is 47.9 Å². The van der Waals surface area contributed by atoms with E-state index in [0.29, 0.717) is 0 Å². The summed E-state index contributed by atoms with van der Waals surface area (Å²) >= 11 is 0. The maximum absolute atomic E-state index is 12.5. The minimum atomic E-state index is -0.973. The molecule has 1 aromatic heterocycles. The molecular weight excluding hydrogens is 436 g/mol. The van der Waals surface area contributed by atoms with E-state index in [1.165, 1.54) is 12.3 Å². The number of rotatable bonds is 8. The number of carbonyl (C=O) groups is 3. The van der Waals surface area contributed by atoms with Gasteiger partial charge >= 0.3 is 12.1 Å². The minimum absolute atomic E-state index is 0.0807. The number of carbonyl (C=O) groups excluding carboxylic acids is 2. The van der Waals surface area contributed by atoms with Crippen LogP contribution in [0.25, 0.3) is 11.1 Å². The fourth-order valence-corrected chi connectivity index (χ4v) is 4.00. The standard InChI is InChI=1S/C26H26N2O6/c1-26(2,24(30)31)12-13-27-23(29)22-21(11-14-33-22)28-25(32)34-15-20-18-9-5-3-7-16(18)17-8-4-6-10-19(17)20/h3-11,14,20H,12-13,15H2,1-2H3,(H,27,29)(H,28,32)(H,30,31). The summed E-state index contributed by atoms with van der Waals surface area (Å²) in [4.78, 5) is 36.2. The van der Waals surface area contributed by atoms with Gasteiger partial charge in [-0.3, -0.25) is 14.9 Å². The molecule has 8 nitrogen and oxygen atoms in total. The molecule has 0 aliphatic heterocycles. The molecule has 0 saturated heterocycles. The molecule has 0 atom stereocenters. The van der Waals surface area contributed by atoms with E-state index in [1.807, 2.05) is 36.4 Å². The maximum atomic E-state index is 12.5. The van der Waals surface area contributed by atoms with Gasteiger partial charge in [-0.1, -0.05) is 48.5 Å². The first-order valence-electron chi connectivity index (χ1n) is 11.0. The van der Waals surface area contributed by atoms with Crippen LogP contribution in [0.4, 0.5) is 10.5 Å². The van der Waals surface area contributed by atoms with Gasteiger partial charge in [-0.2, -0.15) is 0 Å². The highest BCUT2D eigenvalue weighted by atomic mass is 16.5. The smallest absolute Gasteiger partial charge is 0.411 e. The Hall–Kier alpha value is -4.07. The van der Waals surface area contributed by atoms with Gasteiger partial charge in [-0.25, -0.2) is 4.79 Å². The Balaban J connectivity index is 1.36.